The highest BCUT2D eigenvalue weighted by molar-refractivity contribution is 7.12. The minimum absolute atomic E-state index is 0. The number of amides is 1. The highest BCUT2D eigenvalue weighted by Gasteiger charge is 2.23. The summed E-state index contributed by atoms with van der Waals surface area (Å²) in [6.07, 6.45) is 3.05. The van der Waals surface area contributed by atoms with Gasteiger partial charge in [-0.05, 0) is 70.2 Å². The van der Waals surface area contributed by atoms with Crippen LogP contribution in [0.1, 0.15) is 54.5 Å². The average Bonchev–Trinajstić information content (AvgIpc) is 2.78. The van der Waals surface area contributed by atoms with Crippen LogP contribution in [0.2, 0.25) is 0 Å². The first-order valence-electron chi connectivity index (χ1n) is 8.04. The second-order valence-corrected chi connectivity index (χ2v) is 7.89. The van der Waals surface area contributed by atoms with E-state index < -0.39 is 0 Å². The Labute approximate surface area is 144 Å². The number of hydrogen-bond donors (Lipinski definition) is 2. The van der Waals surface area contributed by atoms with Gasteiger partial charge >= 0.3 is 0 Å². The lowest BCUT2D eigenvalue weighted by molar-refractivity contribution is -0.123. The summed E-state index contributed by atoms with van der Waals surface area (Å²) in [6.45, 7) is 10.8. The van der Waals surface area contributed by atoms with Crippen molar-refractivity contribution >= 4 is 29.7 Å². The van der Waals surface area contributed by atoms with Crippen molar-refractivity contribution in [2.75, 3.05) is 13.1 Å². The van der Waals surface area contributed by atoms with Crippen molar-refractivity contribution in [2.24, 2.45) is 11.8 Å². The second-order valence-electron chi connectivity index (χ2n) is 6.43. The van der Waals surface area contributed by atoms with E-state index >= 15 is 0 Å². The van der Waals surface area contributed by atoms with Crippen LogP contribution in [0.15, 0.2) is 6.07 Å². The van der Waals surface area contributed by atoms with Gasteiger partial charge in [-0.25, -0.2) is 0 Å². The van der Waals surface area contributed by atoms with Crippen LogP contribution in [0.5, 0.6) is 0 Å². The number of piperidine rings is 1. The molecule has 1 saturated heterocycles. The van der Waals surface area contributed by atoms with Gasteiger partial charge in [0.2, 0.25) is 5.91 Å². The normalized spacial score (nSPS) is 18.4. The molecule has 2 rings (SSSR count). The standard InChI is InChI=1S/C17H28N2OS.ClH/c1-11(15-5-7-18-8-6-15)9-17(20)19-13(3)16-10-12(2)21-14(16)4;/h10-11,13,15,18H,5-9H2,1-4H3,(H,19,20);1H. The summed E-state index contributed by atoms with van der Waals surface area (Å²) in [7, 11) is 0. The first-order valence-corrected chi connectivity index (χ1v) is 8.86. The Morgan fingerprint density at radius 1 is 1.36 bits per heavy atom. The highest BCUT2D eigenvalue weighted by atomic mass is 35.5. The molecule has 0 aromatic carbocycles. The molecule has 2 N–H and O–H groups in total. The van der Waals surface area contributed by atoms with Gasteiger partial charge in [0.05, 0.1) is 6.04 Å². The maximum absolute atomic E-state index is 12.3. The van der Waals surface area contributed by atoms with Crippen LogP contribution in [-0.4, -0.2) is 19.0 Å². The van der Waals surface area contributed by atoms with E-state index in [0.717, 1.165) is 13.1 Å². The van der Waals surface area contributed by atoms with Crippen molar-refractivity contribution in [2.45, 2.75) is 53.0 Å². The van der Waals surface area contributed by atoms with E-state index in [2.05, 4.69) is 44.4 Å². The SMILES string of the molecule is Cc1cc(C(C)NC(=O)CC(C)C2CCNCC2)c(C)s1.Cl. The van der Waals surface area contributed by atoms with E-state index in [1.807, 2.05) is 0 Å². The molecule has 0 aliphatic carbocycles. The van der Waals surface area contributed by atoms with Crippen LogP contribution in [0, 0.1) is 25.7 Å². The minimum atomic E-state index is 0. The smallest absolute Gasteiger partial charge is 0.220 e. The molecule has 0 bridgehead atoms. The first-order chi connectivity index (χ1) is 9.97. The molecule has 5 heteroatoms. The van der Waals surface area contributed by atoms with Gasteiger partial charge in [0.15, 0.2) is 0 Å². The summed E-state index contributed by atoms with van der Waals surface area (Å²) < 4.78 is 0. The van der Waals surface area contributed by atoms with Crippen LogP contribution in [0.4, 0.5) is 0 Å². The zero-order valence-electron chi connectivity index (χ0n) is 14.1. The number of thiophene rings is 1. The first kappa shape index (κ1) is 19.5. The van der Waals surface area contributed by atoms with Gasteiger partial charge in [-0.15, -0.1) is 23.7 Å². The molecule has 1 aromatic heterocycles. The molecule has 2 unspecified atom stereocenters. The number of aryl methyl sites for hydroxylation is 2. The number of carbonyl (C=O) groups excluding carboxylic acids is 1. The molecule has 0 spiro atoms. The number of rotatable bonds is 5. The van der Waals surface area contributed by atoms with Gasteiger partial charge in [-0.1, -0.05) is 6.92 Å². The van der Waals surface area contributed by atoms with E-state index in [1.54, 1.807) is 11.3 Å². The lowest BCUT2D eigenvalue weighted by atomic mass is 9.84. The Bertz CT molecular complexity index is 483. The number of carbonyl (C=O) groups is 1. The van der Waals surface area contributed by atoms with Crippen molar-refractivity contribution in [1.82, 2.24) is 10.6 Å². The van der Waals surface area contributed by atoms with Crippen molar-refractivity contribution in [1.29, 1.82) is 0 Å². The fourth-order valence-electron chi connectivity index (χ4n) is 3.33. The molecule has 2 atom stereocenters. The monoisotopic (exact) mass is 344 g/mol. The Kier molecular flexibility index (Phi) is 7.87. The predicted octanol–water partition coefficient (Wildman–Crippen LogP) is 3.99. The third-order valence-electron chi connectivity index (χ3n) is 4.62. The van der Waals surface area contributed by atoms with E-state index in [4.69, 9.17) is 0 Å². The lowest BCUT2D eigenvalue weighted by Crippen LogP contribution is -2.34. The van der Waals surface area contributed by atoms with Crippen LogP contribution < -0.4 is 10.6 Å². The highest BCUT2D eigenvalue weighted by Crippen LogP contribution is 2.27. The van der Waals surface area contributed by atoms with Gasteiger partial charge < -0.3 is 10.6 Å². The Morgan fingerprint density at radius 3 is 2.55 bits per heavy atom. The molecule has 0 radical (unpaired) electrons. The van der Waals surface area contributed by atoms with E-state index in [1.165, 1.54) is 28.2 Å². The predicted molar refractivity (Wildman–Crippen MR) is 97.0 cm³/mol. The van der Waals surface area contributed by atoms with Gasteiger partial charge in [-0.2, -0.15) is 0 Å². The third kappa shape index (κ3) is 5.25. The van der Waals surface area contributed by atoms with Crippen molar-refractivity contribution in [3.05, 3.63) is 21.4 Å². The molecular weight excluding hydrogens is 316 g/mol. The maximum atomic E-state index is 12.3. The molecule has 1 fully saturated rings. The molecule has 126 valence electrons. The van der Waals surface area contributed by atoms with E-state index in [0.29, 0.717) is 18.3 Å². The van der Waals surface area contributed by atoms with Crippen LogP contribution in [0.3, 0.4) is 0 Å². The van der Waals surface area contributed by atoms with E-state index in [-0.39, 0.29) is 24.4 Å². The molecule has 3 nitrogen and oxygen atoms in total. The largest absolute Gasteiger partial charge is 0.350 e. The fraction of sp³-hybridized carbons (Fsp3) is 0.706. The summed E-state index contributed by atoms with van der Waals surface area (Å²) in [5, 5.41) is 6.56. The molecule has 1 aromatic rings. The minimum Gasteiger partial charge on any atom is -0.350 e. The van der Waals surface area contributed by atoms with Gasteiger partial charge in [0.1, 0.15) is 0 Å². The quantitative estimate of drug-likeness (QED) is 0.848. The molecule has 1 amide bonds. The Balaban J connectivity index is 0.00000242. The van der Waals surface area contributed by atoms with E-state index in [9.17, 15) is 4.79 Å². The molecule has 22 heavy (non-hydrogen) atoms. The van der Waals surface area contributed by atoms with Crippen LogP contribution in [-0.2, 0) is 4.79 Å². The number of nitrogens with one attached hydrogen (secondary N) is 2. The summed E-state index contributed by atoms with van der Waals surface area (Å²) in [6, 6.07) is 2.31. The zero-order valence-corrected chi connectivity index (χ0v) is 15.7. The van der Waals surface area contributed by atoms with Crippen LogP contribution in [0.25, 0.3) is 0 Å². The molecule has 0 saturated carbocycles. The molecular formula is C17H29ClN2OS. The fourth-order valence-corrected chi connectivity index (χ4v) is 4.35. The summed E-state index contributed by atoms with van der Waals surface area (Å²) in [4.78, 5) is 14.9. The number of halogens is 1. The third-order valence-corrected chi connectivity index (χ3v) is 5.60. The lowest BCUT2D eigenvalue weighted by Gasteiger charge is -2.28. The van der Waals surface area contributed by atoms with Crippen LogP contribution >= 0.6 is 23.7 Å². The second kappa shape index (κ2) is 8.90. The zero-order chi connectivity index (χ0) is 15.4. The molecule has 1 aliphatic heterocycles. The van der Waals surface area contributed by atoms with Gasteiger partial charge in [-0.3, -0.25) is 4.79 Å². The Morgan fingerprint density at radius 2 is 2.00 bits per heavy atom. The van der Waals surface area contributed by atoms with Crippen molar-refractivity contribution in [3.8, 4) is 0 Å². The summed E-state index contributed by atoms with van der Waals surface area (Å²) in [5.74, 6) is 1.36. The summed E-state index contributed by atoms with van der Waals surface area (Å²) in [5.41, 5.74) is 1.26. The Hall–Kier alpha value is -0.580. The number of hydrogen-bond acceptors (Lipinski definition) is 3. The van der Waals surface area contributed by atoms with Crippen molar-refractivity contribution < 1.29 is 4.79 Å². The van der Waals surface area contributed by atoms with Crippen molar-refractivity contribution in [3.63, 3.8) is 0 Å². The molecule has 1 aliphatic rings. The van der Waals surface area contributed by atoms with Gasteiger partial charge in [0.25, 0.3) is 0 Å². The molecule has 2 heterocycles. The topological polar surface area (TPSA) is 41.1 Å². The average molecular weight is 345 g/mol. The summed E-state index contributed by atoms with van der Waals surface area (Å²) >= 11 is 1.80. The van der Waals surface area contributed by atoms with Gasteiger partial charge in [0, 0.05) is 16.2 Å². The maximum Gasteiger partial charge on any atom is 0.220 e.